The first-order chi connectivity index (χ1) is 9.61. The molecule has 20 heavy (non-hydrogen) atoms. The number of nitriles is 1. The van der Waals surface area contributed by atoms with Crippen molar-refractivity contribution in [1.82, 2.24) is 4.90 Å². The van der Waals surface area contributed by atoms with Crippen LogP contribution in [0.15, 0.2) is 24.3 Å². The van der Waals surface area contributed by atoms with Gasteiger partial charge < -0.3 is 9.64 Å². The Labute approximate surface area is 120 Å². The topological polar surface area (TPSA) is 53.3 Å². The zero-order valence-corrected chi connectivity index (χ0v) is 12.1. The molecule has 2 rings (SSSR count). The van der Waals surface area contributed by atoms with Crippen LogP contribution in [0.1, 0.15) is 31.7 Å². The Morgan fingerprint density at radius 1 is 1.40 bits per heavy atom. The van der Waals surface area contributed by atoms with Gasteiger partial charge in [-0.1, -0.05) is 12.1 Å². The number of carbonyl (C=O) groups excluding carboxylic acids is 1. The van der Waals surface area contributed by atoms with Gasteiger partial charge in [0.1, 0.15) is 11.3 Å². The predicted molar refractivity (Wildman–Crippen MR) is 76.3 cm³/mol. The third-order valence-electron chi connectivity index (χ3n) is 3.99. The van der Waals surface area contributed by atoms with Crippen LogP contribution in [-0.2, 0) is 11.2 Å². The average Bonchev–Trinajstić information content (AvgIpc) is 2.40. The van der Waals surface area contributed by atoms with Crippen LogP contribution in [0.2, 0.25) is 0 Å². The van der Waals surface area contributed by atoms with Gasteiger partial charge in [-0.15, -0.1) is 0 Å². The minimum Gasteiger partial charge on any atom is -0.494 e. The molecule has 0 bridgehead atoms. The summed E-state index contributed by atoms with van der Waals surface area (Å²) in [7, 11) is 1.74. The molecule has 1 aliphatic carbocycles. The highest BCUT2D eigenvalue weighted by Crippen LogP contribution is 2.36. The van der Waals surface area contributed by atoms with E-state index in [1.54, 1.807) is 11.9 Å². The van der Waals surface area contributed by atoms with Crippen molar-refractivity contribution < 1.29 is 9.53 Å². The third-order valence-corrected chi connectivity index (χ3v) is 3.99. The van der Waals surface area contributed by atoms with Crippen LogP contribution in [0, 0.1) is 11.3 Å². The molecule has 0 unspecified atom stereocenters. The number of hydrogen-bond donors (Lipinski definition) is 0. The molecule has 0 aliphatic heterocycles. The van der Waals surface area contributed by atoms with Crippen molar-refractivity contribution in [3.05, 3.63) is 29.8 Å². The molecule has 0 aromatic heterocycles. The second-order valence-electron chi connectivity index (χ2n) is 5.20. The lowest BCUT2D eigenvalue weighted by atomic mass is 9.76. The predicted octanol–water partition coefficient (Wildman–Crippen LogP) is 2.53. The number of benzene rings is 1. The van der Waals surface area contributed by atoms with Crippen molar-refractivity contribution in [2.75, 3.05) is 13.7 Å². The van der Waals surface area contributed by atoms with Gasteiger partial charge in [0.2, 0.25) is 5.91 Å². The monoisotopic (exact) mass is 272 g/mol. The second kappa shape index (κ2) is 5.96. The maximum Gasteiger partial charge on any atom is 0.228 e. The zero-order chi connectivity index (χ0) is 14.6. The fraction of sp³-hybridized carbons (Fsp3) is 0.500. The van der Waals surface area contributed by atoms with Crippen molar-refractivity contribution in [2.24, 2.45) is 0 Å². The van der Waals surface area contributed by atoms with E-state index >= 15 is 0 Å². The summed E-state index contributed by atoms with van der Waals surface area (Å²) in [6.45, 7) is 2.57. The fourth-order valence-corrected chi connectivity index (χ4v) is 2.44. The summed E-state index contributed by atoms with van der Waals surface area (Å²) in [6, 6.07) is 9.83. The van der Waals surface area contributed by atoms with Crippen LogP contribution >= 0.6 is 0 Å². The van der Waals surface area contributed by atoms with E-state index in [1.165, 1.54) is 0 Å². The molecule has 1 fully saturated rings. The summed E-state index contributed by atoms with van der Waals surface area (Å²) in [4.78, 5) is 13.9. The lowest BCUT2D eigenvalue weighted by Crippen LogP contribution is -2.53. The highest BCUT2D eigenvalue weighted by Gasteiger charge is 2.43. The molecule has 1 saturated carbocycles. The molecule has 0 radical (unpaired) electrons. The SMILES string of the molecule is CCOc1ccc(CC(=O)N(C)C2(C#N)CCC2)cc1. The van der Waals surface area contributed by atoms with Crippen molar-refractivity contribution in [2.45, 2.75) is 38.1 Å². The molecule has 0 spiro atoms. The molecule has 1 aromatic rings. The van der Waals surface area contributed by atoms with E-state index in [2.05, 4.69) is 6.07 Å². The van der Waals surface area contributed by atoms with E-state index in [0.717, 1.165) is 30.6 Å². The van der Waals surface area contributed by atoms with Crippen LogP contribution in [-0.4, -0.2) is 30.0 Å². The van der Waals surface area contributed by atoms with Gasteiger partial charge in [0.05, 0.1) is 19.1 Å². The minimum atomic E-state index is -0.567. The molecule has 1 aromatic carbocycles. The van der Waals surface area contributed by atoms with Gasteiger partial charge in [-0.05, 0) is 43.9 Å². The summed E-state index contributed by atoms with van der Waals surface area (Å²) in [5.41, 5.74) is 0.375. The van der Waals surface area contributed by atoms with Crippen LogP contribution in [0.5, 0.6) is 5.75 Å². The van der Waals surface area contributed by atoms with Crippen LogP contribution in [0.25, 0.3) is 0 Å². The van der Waals surface area contributed by atoms with Crippen molar-refractivity contribution in [3.8, 4) is 11.8 Å². The van der Waals surface area contributed by atoms with E-state index in [-0.39, 0.29) is 5.91 Å². The standard InChI is InChI=1S/C16H20N2O2/c1-3-20-14-7-5-13(6-8-14)11-15(19)18(2)16(12-17)9-4-10-16/h5-8H,3-4,9-11H2,1-2H3. The molecule has 4 heteroatoms. The number of ether oxygens (including phenoxy) is 1. The first kappa shape index (κ1) is 14.4. The van der Waals surface area contributed by atoms with Gasteiger partial charge in [-0.2, -0.15) is 5.26 Å². The molecule has 1 amide bonds. The smallest absolute Gasteiger partial charge is 0.228 e. The summed E-state index contributed by atoms with van der Waals surface area (Å²) in [6.07, 6.45) is 2.92. The van der Waals surface area contributed by atoms with Crippen LogP contribution in [0.3, 0.4) is 0 Å². The summed E-state index contributed by atoms with van der Waals surface area (Å²) in [5, 5.41) is 9.26. The largest absolute Gasteiger partial charge is 0.494 e. The molecule has 0 heterocycles. The third kappa shape index (κ3) is 2.77. The molecule has 0 saturated heterocycles. The summed E-state index contributed by atoms with van der Waals surface area (Å²) < 4.78 is 5.37. The Kier molecular flexibility index (Phi) is 4.29. The Balaban J connectivity index is 1.99. The summed E-state index contributed by atoms with van der Waals surface area (Å²) >= 11 is 0. The van der Waals surface area contributed by atoms with E-state index in [4.69, 9.17) is 4.74 Å². The lowest BCUT2D eigenvalue weighted by molar-refractivity contribution is -0.135. The first-order valence-electron chi connectivity index (χ1n) is 7.01. The number of amides is 1. The molecule has 0 atom stereocenters. The fourth-order valence-electron chi connectivity index (χ4n) is 2.44. The molecular weight excluding hydrogens is 252 g/mol. The lowest BCUT2D eigenvalue weighted by Gasteiger charge is -2.43. The number of nitrogens with zero attached hydrogens (tertiary/aromatic N) is 2. The number of rotatable bonds is 5. The van der Waals surface area contributed by atoms with Crippen LogP contribution in [0.4, 0.5) is 0 Å². The molecule has 106 valence electrons. The van der Waals surface area contributed by atoms with Crippen molar-refractivity contribution in [3.63, 3.8) is 0 Å². The molecule has 4 nitrogen and oxygen atoms in total. The highest BCUT2D eigenvalue weighted by atomic mass is 16.5. The molecule has 0 N–H and O–H groups in total. The highest BCUT2D eigenvalue weighted by molar-refractivity contribution is 5.80. The first-order valence-corrected chi connectivity index (χ1v) is 7.01. The second-order valence-corrected chi connectivity index (χ2v) is 5.20. The van der Waals surface area contributed by atoms with E-state index in [0.29, 0.717) is 13.0 Å². The van der Waals surface area contributed by atoms with Crippen molar-refractivity contribution in [1.29, 1.82) is 5.26 Å². The maximum absolute atomic E-state index is 12.3. The summed E-state index contributed by atoms with van der Waals surface area (Å²) in [5.74, 6) is 0.806. The Morgan fingerprint density at radius 2 is 2.05 bits per heavy atom. The van der Waals surface area contributed by atoms with Gasteiger partial charge in [0, 0.05) is 7.05 Å². The average molecular weight is 272 g/mol. The maximum atomic E-state index is 12.3. The Hall–Kier alpha value is -2.02. The number of likely N-dealkylation sites (N-methyl/N-ethyl adjacent to an activating group) is 1. The van der Waals surface area contributed by atoms with Gasteiger partial charge in [0.25, 0.3) is 0 Å². The zero-order valence-electron chi connectivity index (χ0n) is 12.1. The normalized spacial score (nSPS) is 15.8. The van der Waals surface area contributed by atoms with Gasteiger partial charge in [-0.3, -0.25) is 4.79 Å². The number of hydrogen-bond acceptors (Lipinski definition) is 3. The Morgan fingerprint density at radius 3 is 2.50 bits per heavy atom. The van der Waals surface area contributed by atoms with Crippen molar-refractivity contribution >= 4 is 5.91 Å². The van der Waals surface area contributed by atoms with E-state index < -0.39 is 5.54 Å². The van der Waals surface area contributed by atoms with Gasteiger partial charge in [0.15, 0.2) is 0 Å². The Bertz CT molecular complexity index is 512. The molecule has 1 aliphatic rings. The van der Waals surface area contributed by atoms with E-state index in [9.17, 15) is 10.1 Å². The minimum absolute atomic E-state index is 0.00425. The molecular formula is C16H20N2O2. The number of carbonyl (C=O) groups is 1. The van der Waals surface area contributed by atoms with Crippen LogP contribution < -0.4 is 4.74 Å². The van der Waals surface area contributed by atoms with Gasteiger partial charge >= 0.3 is 0 Å². The van der Waals surface area contributed by atoms with E-state index in [1.807, 2.05) is 31.2 Å². The quantitative estimate of drug-likeness (QED) is 0.827. The van der Waals surface area contributed by atoms with Gasteiger partial charge in [-0.25, -0.2) is 0 Å².